The van der Waals surface area contributed by atoms with Crippen LogP contribution in [0.15, 0.2) is 158 Å². The van der Waals surface area contributed by atoms with Crippen molar-refractivity contribution >= 4 is 16.8 Å². The van der Waals surface area contributed by atoms with Crippen LogP contribution in [0.4, 0.5) is 0 Å². The summed E-state index contributed by atoms with van der Waals surface area (Å²) >= 11 is 0. The molecule has 4 heteroatoms. The van der Waals surface area contributed by atoms with Crippen molar-refractivity contribution < 1.29 is 0 Å². The largest absolute Gasteiger partial charge is 0.237 e. The van der Waals surface area contributed by atoms with E-state index in [2.05, 4.69) is 145 Å². The van der Waals surface area contributed by atoms with Crippen LogP contribution in [0, 0.1) is 6.92 Å². The van der Waals surface area contributed by atoms with Crippen molar-refractivity contribution in [2.24, 2.45) is 0 Å². The van der Waals surface area contributed by atoms with Gasteiger partial charge in [-0.15, -0.1) is 0 Å². The van der Waals surface area contributed by atoms with Crippen molar-refractivity contribution in [1.82, 2.24) is 19.9 Å². The first kappa shape index (κ1) is 43.6. The normalized spacial score (nSPS) is 10.9. The smallest absolute Gasteiger partial charge is 0.160 e. The topological polar surface area (TPSA) is 51.6 Å². The van der Waals surface area contributed by atoms with Crippen LogP contribution >= 0.6 is 0 Å². The minimum Gasteiger partial charge on any atom is -0.237 e. The molecule has 4 nitrogen and oxygen atoms in total. The number of hydrogen-bond donors (Lipinski definition) is 0. The lowest BCUT2D eigenvalue weighted by Crippen LogP contribution is -2.00. The van der Waals surface area contributed by atoms with Crippen molar-refractivity contribution in [3.8, 4) is 67.5 Å². The third-order valence-corrected chi connectivity index (χ3v) is 9.63. The van der Waals surface area contributed by atoms with Crippen LogP contribution in [0.1, 0.15) is 78.6 Å². The molecule has 9 rings (SSSR count). The molecule has 2 heterocycles. The lowest BCUT2D eigenvalue weighted by molar-refractivity contribution is 0.989. The molecule has 59 heavy (non-hydrogen) atoms. The molecule has 0 amide bonds. The maximum Gasteiger partial charge on any atom is 0.160 e. The van der Waals surface area contributed by atoms with Gasteiger partial charge in [0.1, 0.15) is 0 Å². The Morgan fingerprint density at radius 3 is 1.66 bits per heavy atom. The SMILES string of the molecule is CC.CC.CC.CC.Cc1ccnc(-c2cccc(-c3cc(-c4nc(-c5ccccc5)cc(-c5ccccc5)n4)cc(-c4c5c(cc6ccccc46)CCC=C5)c3)c2)n1. The molecule has 1 aliphatic rings. The van der Waals surface area contributed by atoms with Gasteiger partial charge in [-0.25, -0.2) is 19.9 Å². The zero-order valence-electron chi connectivity index (χ0n) is 36.3. The second kappa shape index (κ2) is 21.9. The molecule has 0 saturated heterocycles. The summed E-state index contributed by atoms with van der Waals surface area (Å²) in [6, 6.07) is 51.2. The second-order valence-electron chi connectivity index (χ2n) is 13.1. The quantitative estimate of drug-likeness (QED) is 0.169. The minimum atomic E-state index is 0.682. The predicted octanol–water partition coefficient (Wildman–Crippen LogP) is 15.8. The first-order chi connectivity index (χ1) is 29.2. The molecule has 298 valence electrons. The van der Waals surface area contributed by atoms with E-state index in [1.165, 1.54) is 27.5 Å². The highest BCUT2D eigenvalue weighted by molar-refractivity contribution is 6.03. The first-order valence-corrected chi connectivity index (χ1v) is 21.4. The molecule has 0 aliphatic heterocycles. The van der Waals surface area contributed by atoms with Gasteiger partial charge >= 0.3 is 0 Å². The maximum absolute atomic E-state index is 5.25. The molecule has 0 fully saturated rings. The van der Waals surface area contributed by atoms with Crippen LogP contribution in [0.2, 0.25) is 0 Å². The number of nitrogens with zero attached hydrogens (tertiary/aromatic N) is 4. The van der Waals surface area contributed by atoms with Gasteiger partial charge in [0.25, 0.3) is 0 Å². The van der Waals surface area contributed by atoms with Crippen LogP contribution in [0.25, 0.3) is 84.4 Å². The highest BCUT2D eigenvalue weighted by Gasteiger charge is 2.19. The van der Waals surface area contributed by atoms with Crippen molar-refractivity contribution in [1.29, 1.82) is 0 Å². The summed E-state index contributed by atoms with van der Waals surface area (Å²) < 4.78 is 0. The van der Waals surface area contributed by atoms with Crippen LogP contribution in [0.3, 0.4) is 0 Å². The third-order valence-electron chi connectivity index (χ3n) is 9.63. The fourth-order valence-electron chi connectivity index (χ4n) is 7.15. The fourth-order valence-corrected chi connectivity index (χ4v) is 7.15. The van der Waals surface area contributed by atoms with E-state index in [4.69, 9.17) is 15.0 Å². The molecule has 1 aliphatic carbocycles. The summed E-state index contributed by atoms with van der Waals surface area (Å²) in [7, 11) is 0. The van der Waals surface area contributed by atoms with Gasteiger partial charge in [0, 0.05) is 34.1 Å². The van der Waals surface area contributed by atoms with Crippen LogP contribution in [0.5, 0.6) is 0 Å². The Bertz CT molecular complexity index is 2530. The van der Waals surface area contributed by atoms with Gasteiger partial charge in [-0.3, -0.25) is 0 Å². The Kier molecular flexibility index (Phi) is 16.1. The molecule has 0 atom stereocenters. The van der Waals surface area contributed by atoms with E-state index in [9.17, 15) is 0 Å². The van der Waals surface area contributed by atoms with E-state index in [1.807, 2.05) is 86.7 Å². The molecular weight excluding hydrogens is 717 g/mol. The maximum atomic E-state index is 5.25. The highest BCUT2D eigenvalue weighted by Crippen LogP contribution is 2.41. The van der Waals surface area contributed by atoms with Crippen molar-refractivity contribution in [2.45, 2.75) is 75.2 Å². The van der Waals surface area contributed by atoms with Gasteiger partial charge in [-0.2, -0.15) is 0 Å². The number of aromatic nitrogens is 4. The average molecular weight is 775 g/mol. The summed E-state index contributed by atoms with van der Waals surface area (Å²) in [5.41, 5.74) is 13.9. The predicted molar refractivity (Wildman–Crippen MR) is 255 cm³/mol. The molecule has 0 saturated carbocycles. The number of allylic oxidation sites excluding steroid dienone is 1. The Balaban J connectivity index is 0.000000782. The monoisotopic (exact) mass is 774 g/mol. The Morgan fingerprint density at radius 1 is 0.441 bits per heavy atom. The molecule has 0 bridgehead atoms. The van der Waals surface area contributed by atoms with Gasteiger partial charge in [0.05, 0.1) is 11.4 Å². The van der Waals surface area contributed by atoms with E-state index >= 15 is 0 Å². The van der Waals surface area contributed by atoms with Gasteiger partial charge < -0.3 is 0 Å². The Morgan fingerprint density at radius 2 is 1.00 bits per heavy atom. The van der Waals surface area contributed by atoms with Gasteiger partial charge in [0.15, 0.2) is 11.6 Å². The molecule has 8 aromatic rings. The number of rotatable bonds is 6. The van der Waals surface area contributed by atoms with Crippen LogP contribution < -0.4 is 0 Å². The van der Waals surface area contributed by atoms with Crippen molar-refractivity contribution in [2.75, 3.05) is 0 Å². The number of aryl methyl sites for hydroxylation is 2. The van der Waals surface area contributed by atoms with E-state index in [-0.39, 0.29) is 0 Å². The second-order valence-corrected chi connectivity index (χ2v) is 13.1. The van der Waals surface area contributed by atoms with E-state index in [0.29, 0.717) is 11.6 Å². The summed E-state index contributed by atoms with van der Waals surface area (Å²) in [5.74, 6) is 1.40. The van der Waals surface area contributed by atoms with Gasteiger partial charge in [-0.05, 0) is 100 Å². The summed E-state index contributed by atoms with van der Waals surface area (Å²) in [6.45, 7) is 18.0. The Labute approximate surface area is 352 Å². The van der Waals surface area contributed by atoms with Crippen molar-refractivity contribution in [3.05, 3.63) is 175 Å². The van der Waals surface area contributed by atoms with Crippen molar-refractivity contribution in [3.63, 3.8) is 0 Å². The molecular formula is C55H58N4. The summed E-state index contributed by atoms with van der Waals surface area (Å²) in [6.07, 6.45) is 8.50. The van der Waals surface area contributed by atoms with E-state index in [0.717, 1.165) is 68.9 Å². The fraction of sp³-hybridized carbons (Fsp3) is 0.200. The highest BCUT2D eigenvalue weighted by atomic mass is 14.9. The zero-order chi connectivity index (χ0) is 42.1. The molecule has 0 N–H and O–H groups in total. The standard InChI is InChI=1S/C47H34N4.4C2H6/c1-31-23-24-48-46(49-31)37-20-12-19-34(25-37)38-27-39(45-41-21-10-8-17-35(41)26-36-18-9-11-22-42(36)45)29-40(28-38)47-50-43(32-13-4-2-5-14-32)30-44(51-47)33-15-6-3-7-16-33;4*1-2/h2-8,10-17,19-30H,9,18H2,1H3;4*1-2H3. The van der Waals surface area contributed by atoms with E-state index < -0.39 is 0 Å². The minimum absolute atomic E-state index is 0.682. The molecule has 0 radical (unpaired) electrons. The molecule has 2 aromatic heterocycles. The summed E-state index contributed by atoms with van der Waals surface area (Å²) in [4.78, 5) is 19.8. The first-order valence-electron chi connectivity index (χ1n) is 21.4. The number of hydrogen-bond acceptors (Lipinski definition) is 4. The number of benzene rings is 6. The number of fused-ring (bicyclic) bond motifs is 2. The van der Waals surface area contributed by atoms with Gasteiger partial charge in [-0.1, -0.05) is 177 Å². The van der Waals surface area contributed by atoms with E-state index in [1.54, 1.807) is 0 Å². The Hall–Kier alpha value is -6.52. The summed E-state index contributed by atoms with van der Waals surface area (Å²) in [5, 5.41) is 2.48. The van der Waals surface area contributed by atoms with Crippen LogP contribution in [-0.4, -0.2) is 19.9 Å². The molecule has 6 aromatic carbocycles. The lowest BCUT2D eigenvalue weighted by atomic mass is 9.84. The zero-order valence-corrected chi connectivity index (χ0v) is 36.3. The van der Waals surface area contributed by atoms with Crippen LogP contribution in [-0.2, 0) is 6.42 Å². The van der Waals surface area contributed by atoms with Gasteiger partial charge in [0.2, 0.25) is 0 Å². The average Bonchev–Trinajstić information content (AvgIpc) is 3.33. The third kappa shape index (κ3) is 10.1. The molecule has 0 spiro atoms. The molecule has 0 unspecified atom stereocenters. The lowest BCUT2D eigenvalue weighted by Gasteiger charge is -2.20.